The molecular weight excluding hydrogens is 288 g/mol. The van der Waals surface area contributed by atoms with Gasteiger partial charge in [-0.2, -0.15) is 0 Å². The third-order valence-electron chi connectivity index (χ3n) is 2.95. The third kappa shape index (κ3) is 5.51. The number of carbonyl (C=O) groups excluding carboxylic acids is 2. The Labute approximate surface area is 130 Å². The topological polar surface area (TPSA) is 72.6 Å². The van der Waals surface area contributed by atoms with Gasteiger partial charge in [-0.1, -0.05) is 36.5 Å². The molecule has 0 heterocycles. The van der Waals surface area contributed by atoms with Crippen LogP contribution in [0.4, 0.5) is 0 Å². The molecule has 2 N–H and O–H groups in total. The van der Waals surface area contributed by atoms with Gasteiger partial charge < -0.3 is 15.4 Å². The number of amides is 1. The zero-order valence-corrected chi connectivity index (χ0v) is 13.1. The van der Waals surface area contributed by atoms with Crippen molar-refractivity contribution in [3.8, 4) is 0 Å². The van der Waals surface area contributed by atoms with Gasteiger partial charge in [0, 0.05) is 12.1 Å². The molecule has 0 bridgehead atoms. The van der Waals surface area contributed by atoms with Crippen molar-refractivity contribution < 1.29 is 14.3 Å². The number of hydrogen-bond acceptors (Lipinski definition) is 4. The molecule has 0 saturated carbocycles. The third-order valence-corrected chi connectivity index (χ3v) is 3.19. The van der Waals surface area contributed by atoms with Crippen molar-refractivity contribution in [2.24, 2.45) is 5.73 Å². The summed E-state index contributed by atoms with van der Waals surface area (Å²) in [5.41, 5.74) is 7.14. The summed E-state index contributed by atoms with van der Waals surface area (Å²) in [4.78, 5) is 25.4. The van der Waals surface area contributed by atoms with Gasteiger partial charge in [-0.25, -0.2) is 0 Å². The Morgan fingerprint density at radius 2 is 1.86 bits per heavy atom. The Kier molecular flexibility index (Phi) is 6.81. The van der Waals surface area contributed by atoms with Crippen LogP contribution in [0.15, 0.2) is 24.3 Å². The molecular formula is C15H20N2O3S. The van der Waals surface area contributed by atoms with Crippen molar-refractivity contribution in [1.29, 1.82) is 0 Å². The summed E-state index contributed by atoms with van der Waals surface area (Å²) in [6.07, 6.45) is 0.227. The second kappa shape index (κ2) is 8.36. The lowest BCUT2D eigenvalue weighted by atomic mass is 10.1. The number of esters is 1. The smallest absolute Gasteiger partial charge is 0.325 e. The van der Waals surface area contributed by atoms with Crippen molar-refractivity contribution in [2.75, 3.05) is 19.7 Å². The predicted octanol–water partition coefficient (Wildman–Crippen LogP) is 1.27. The van der Waals surface area contributed by atoms with Crippen molar-refractivity contribution >= 4 is 29.1 Å². The van der Waals surface area contributed by atoms with E-state index in [-0.39, 0.29) is 18.9 Å². The van der Waals surface area contributed by atoms with Crippen LogP contribution in [0.3, 0.4) is 0 Å². The second-order valence-electron chi connectivity index (χ2n) is 4.45. The zero-order valence-electron chi connectivity index (χ0n) is 12.3. The van der Waals surface area contributed by atoms with E-state index in [0.29, 0.717) is 18.1 Å². The van der Waals surface area contributed by atoms with E-state index in [1.165, 1.54) is 4.90 Å². The second-order valence-corrected chi connectivity index (χ2v) is 4.89. The molecule has 0 aromatic heterocycles. The Bertz CT molecular complexity index is 514. The van der Waals surface area contributed by atoms with Crippen LogP contribution in [0.1, 0.15) is 25.0 Å². The van der Waals surface area contributed by atoms with Gasteiger partial charge >= 0.3 is 5.97 Å². The molecule has 0 aliphatic carbocycles. The Balaban J connectivity index is 2.65. The van der Waals surface area contributed by atoms with E-state index in [4.69, 9.17) is 22.7 Å². The molecule has 1 aromatic carbocycles. The molecule has 1 rings (SSSR count). The number of carbonyl (C=O) groups is 2. The van der Waals surface area contributed by atoms with E-state index in [0.717, 1.165) is 11.1 Å². The number of benzene rings is 1. The highest BCUT2D eigenvalue weighted by molar-refractivity contribution is 7.80. The molecule has 0 spiro atoms. The molecule has 21 heavy (non-hydrogen) atoms. The molecule has 0 radical (unpaired) electrons. The van der Waals surface area contributed by atoms with Gasteiger partial charge in [0.05, 0.1) is 13.0 Å². The Morgan fingerprint density at radius 3 is 2.33 bits per heavy atom. The highest BCUT2D eigenvalue weighted by Crippen LogP contribution is 2.07. The van der Waals surface area contributed by atoms with E-state index < -0.39 is 5.97 Å². The maximum atomic E-state index is 12.2. The van der Waals surface area contributed by atoms with E-state index in [1.807, 2.05) is 19.1 Å². The summed E-state index contributed by atoms with van der Waals surface area (Å²) >= 11 is 4.88. The molecule has 114 valence electrons. The van der Waals surface area contributed by atoms with Crippen molar-refractivity contribution in [2.45, 2.75) is 20.3 Å². The van der Waals surface area contributed by atoms with Crippen LogP contribution < -0.4 is 5.73 Å². The van der Waals surface area contributed by atoms with Gasteiger partial charge in [0.15, 0.2) is 0 Å². The fourth-order valence-corrected chi connectivity index (χ4v) is 1.95. The number of thiocarbonyl (C=S) groups is 1. The molecule has 0 aliphatic rings. The number of likely N-dealkylation sites (N-methyl/N-ethyl adjacent to an activating group) is 1. The number of hydrogen-bond donors (Lipinski definition) is 1. The van der Waals surface area contributed by atoms with Crippen LogP contribution in [-0.2, 0) is 20.7 Å². The van der Waals surface area contributed by atoms with E-state index in [9.17, 15) is 9.59 Å². The fraction of sp³-hybridized carbons (Fsp3) is 0.400. The lowest BCUT2D eigenvalue weighted by Gasteiger charge is -2.19. The average molecular weight is 308 g/mol. The molecule has 0 aliphatic heterocycles. The Hall–Kier alpha value is -1.95. The van der Waals surface area contributed by atoms with Gasteiger partial charge in [-0.15, -0.1) is 0 Å². The number of ether oxygens (including phenoxy) is 1. The van der Waals surface area contributed by atoms with Gasteiger partial charge in [-0.3, -0.25) is 9.59 Å². The first kappa shape index (κ1) is 17.1. The first-order chi connectivity index (χ1) is 9.97. The molecule has 6 heteroatoms. The largest absolute Gasteiger partial charge is 0.465 e. The van der Waals surface area contributed by atoms with Gasteiger partial charge in [0.1, 0.15) is 11.5 Å². The SMILES string of the molecule is CCOC(=O)CN(CC)C(=O)Cc1ccc(C(N)=S)cc1. The fourth-order valence-electron chi connectivity index (χ4n) is 1.81. The van der Waals surface area contributed by atoms with Crippen molar-refractivity contribution in [3.63, 3.8) is 0 Å². The van der Waals surface area contributed by atoms with E-state index in [2.05, 4.69) is 0 Å². The molecule has 0 fully saturated rings. The lowest BCUT2D eigenvalue weighted by molar-refractivity contribution is -0.148. The summed E-state index contributed by atoms with van der Waals surface area (Å²) in [6.45, 7) is 4.31. The van der Waals surface area contributed by atoms with Crippen LogP contribution in [0.2, 0.25) is 0 Å². The van der Waals surface area contributed by atoms with Crippen LogP contribution in [0.25, 0.3) is 0 Å². The minimum atomic E-state index is -0.392. The summed E-state index contributed by atoms with van der Waals surface area (Å²) in [5, 5.41) is 0. The van der Waals surface area contributed by atoms with Crippen molar-refractivity contribution in [1.82, 2.24) is 4.90 Å². The number of nitrogens with zero attached hydrogens (tertiary/aromatic N) is 1. The summed E-state index contributed by atoms with van der Waals surface area (Å²) in [7, 11) is 0. The summed E-state index contributed by atoms with van der Waals surface area (Å²) < 4.78 is 4.86. The number of nitrogens with two attached hydrogens (primary N) is 1. The lowest BCUT2D eigenvalue weighted by Crippen LogP contribution is -2.37. The molecule has 0 saturated heterocycles. The van der Waals surface area contributed by atoms with E-state index >= 15 is 0 Å². The minimum absolute atomic E-state index is 0.0197. The van der Waals surface area contributed by atoms with E-state index in [1.54, 1.807) is 19.1 Å². The maximum Gasteiger partial charge on any atom is 0.325 e. The number of rotatable bonds is 7. The molecule has 1 aromatic rings. The standard InChI is InChI=1S/C15H20N2O3S/c1-3-17(10-14(19)20-4-2)13(18)9-11-5-7-12(8-6-11)15(16)21/h5-8H,3-4,9-10H2,1-2H3,(H2,16,21). The first-order valence-electron chi connectivity index (χ1n) is 6.80. The highest BCUT2D eigenvalue weighted by Gasteiger charge is 2.16. The average Bonchev–Trinajstić information content (AvgIpc) is 2.45. The molecule has 5 nitrogen and oxygen atoms in total. The van der Waals surface area contributed by atoms with Crippen LogP contribution in [0.5, 0.6) is 0 Å². The first-order valence-corrected chi connectivity index (χ1v) is 7.20. The monoisotopic (exact) mass is 308 g/mol. The quantitative estimate of drug-likeness (QED) is 0.607. The van der Waals surface area contributed by atoms with Crippen molar-refractivity contribution in [3.05, 3.63) is 35.4 Å². The molecule has 1 amide bonds. The van der Waals surface area contributed by atoms with Gasteiger partial charge in [0.25, 0.3) is 0 Å². The van der Waals surface area contributed by atoms with Gasteiger partial charge in [-0.05, 0) is 19.4 Å². The predicted molar refractivity (Wildman–Crippen MR) is 84.9 cm³/mol. The van der Waals surface area contributed by atoms with Crippen LogP contribution in [0, 0.1) is 0 Å². The molecule has 0 atom stereocenters. The highest BCUT2D eigenvalue weighted by atomic mass is 32.1. The molecule has 0 unspecified atom stereocenters. The summed E-state index contributed by atoms with van der Waals surface area (Å²) in [5.74, 6) is -0.509. The normalized spacial score (nSPS) is 10.0. The van der Waals surface area contributed by atoms with Crippen LogP contribution >= 0.6 is 12.2 Å². The van der Waals surface area contributed by atoms with Gasteiger partial charge in [0.2, 0.25) is 5.91 Å². The summed E-state index contributed by atoms with van der Waals surface area (Å²) in [6, 6.07) is 7.19. The Morgan fingerprint density at radius 1 is 1.24 bits per heavy atom. The van der Waals surface area contributed by atoms with Crippen LogP contribution in [-0.4, -0.2) is 41.5 Å². The maximum absolute atomic E-state index is 12.2. The minimum Gasteiger partial charge on any atom is -0.465 e. The zero-order chi connectivity index (χ0) is 15.8.